The van der Waals surface area contributed by atoms with E-state index in [4.69, 9.17) is 24.8 Å². The molecule has 1 unspecified atom stereocenters. The topological polar surface area (TPSA) is 172 Å². The molecule has 0 rings (SSSR count). The Morgan fingerprint density at radius 3 is 1.55 bits per heavy atom. The Hall–Kier alpha value is -2.82. The zero-order chi connectivity index (χ0) is 41.4. The van der Waals surface area contributed by atoms with E-state index in [9.17, 15) is 23.8 Å². The maximum absolute atomic E-state index is 12.6. The molecule has 0 amide bonds. The molecule has 0 aromatic heterocycles. The molecule has 56 heavy (non-hydrogen) atoms. The molecule has 3 atom stereocenters. The fourth-order valence-electron chi connectivity index (χ4n) is 5.40. The second-order valence-corrected chi connectivity index (χ2v) is 15.5. The zero-order valence-corrected chi connectivity index (χ0v) is 35.6. The summed E-state index contributed by atoms with van der Waals surface area (Å²) in [5, 5.41) is 8.88. The van der Waals surface area contributed by atoms with Gasteiger partial charge in [-0.15, -0.1) is 0 Å². The maximum Gasteiger partial charge on any atom is 0.472 e. The van der Waals surface area contributed by atoms with Crippen LogP contribution < -0.4 is 5.73 Å². The van der Waals surface area contributed by atoms with Gasteiger partial charge < -0.3 is 25.2 Å². The lowest BCUT2D eigenvalue weighted by atomic mass is 10.1. The average molecular weight is 810 g/mol. The van der Waals surface area contributed by atoms with Gasteiger partial charge in [0.05, 0.1) is 13.2 Å². The Balaban J connectivity index is 4.45. The first kappa shape index (κ1) is 53.2. The summed E-state index contributed by atoms with van der Waals surface area (Å²) < 4.78 is 32.6. The van der Waals surface area contributed by atoms with Crippen LogP contribution in [0.3, 0.4) is 0 Å². The molecule has 0 aliphatic heterocycles. The van der Waals surface area contributed by atoms with Crippen LogP contribution >= 0.6 is 7.82 Å². The summed E-state index contributed by atoms with van der Waals surface area (Å²) in [6, 6.07) is -1.53. The molecule has 0 aliphatic carbocycles. The van der Waals surface area contributed by atoms with Crippen LogP contribution in [0, 0.1) is 0 Å². The number of carboxylic acids is 1. The van der Waals surface area contributed by atoms with E-state index in [1.807, 2.05) is 0 Å². The summed E-state index contributed by atoms with van der Waals surface area (Å²) in [5.74, 6) is -2.44. The van der Waals surface area contributed by atoms with Crippen molar-refractivity contribution in [2.24, 2.45) is 5.73 Å². The molecule has 0 radical (unpaired) electrons. The van der Waals surface area contributed by atoms with Crippen molar-refractivity contribution in [3.8, 4) is 0 Å². The minimum absolute atomic E-state index is 0.145. The minimum atomic E-state index is -4.73. The molecule has 0 bridgehead atoms. The minimum Gasteiger partial charge on any atom is -0.480 e. The van der Waals surface area contributed by atoms with Crippen molar-refractivity contribution >= 4 is 25.7 Å². The number of ether oxygens (including phenoxy) is 2. The predicted octanol–water partition coefficient (Wildman–Crippen LogP) is 11.2. The van der Waals surface area contributed by atoms with Gasteiger partial charge in [0, 0.05) is 12.8 Å². The molecule has 11 nitrogen and oxygen atoms in total. The van der Waals surface area contributed by atoms with E-state index in [1.165, 1.54) is 57.8 Å². The van der Waals surface area contributed by atoms with Crippen LogP contribution in [0.5, 0.6) is 0 Å². The summed E-state index contributed by atoms with van der Waals surface area (Å²) in [6.07, 6.45) is 44.3. The van der Waals surface area contributed by atoms with Gasteiger partial charge in [0.1, 0.15) is 12.6 Å². The summed E-state index contributed by atoms with van der Waals surface area (Å²) in [7, 11) is -4.73. The number of carbonyl (C=O) groups is 3. The van der Waals surface area contributed by atoms with Crippen molar-refractivity contribution in [2.45, 2.75) is 180 Å². The number of rotatable bonds is 39. The number of nitrogens with two attached hydrogens (primary N) is 1. The number of unbranched alkanes of at least 4 members (excludes halogenated alkanes) is 15. The van der Waals surface area contributed by atoms with Crippen molar-refractivity contribution < 1.29 is 47.5 Å². The third-order valence-electron chi connectivity index (χ3n) is 8.75. The highest BCUT2D eigenvalue weighted by Crippen LogP contribution is 2.43. The van der Waals surface area contributed by atoms with Crippen LogP contribution in [0.15, 0.2) is 60.8 Å². The average Bonchev–Trinajstić information content (AvgIpc) is 3.17. The Morgan fingerprint density at radius 2 is 1.00 bits per heavy atom. The monoisotopic (exact) mass is 810 g/mol. The normalized spacial score (nSPS) is 14.4. The second-order valence-electron chi connectivity index (χ2n) is 14.1. The molecule has 0 heterocycles. The third kappa shape index (κ3) is 38.1. The highest BCUT2D eigenvalue weighted by molar-refractivity contribution is 7.47. The number of aliphatic carboxylic acids is 1. The van der Waals surface area contributed by atoms with Gasteiger partial charge in [-0.3, -0.25) is 23.4 Å². The van der Waals surface area contributed by atoms with Crippen LogP contribution in [0.4, 0.5) is 0 Å². The van der Waals surface area contributed by atoms with Crippen molar-refractivity contribution in [2.75, 3.05) is 19.8 Å². The SMILES string of the molecule is CC/C=C/C/C=C/C/C=C/C/C=C/CCCCC(=O)OC[C@H](COP(=O)(O)OC[C@H](N)C(=O)O)OC(=O)CCCCCCCCC/C=C/CCCCCCCC. The van der Waals surface area contributed by atoms with Crippen molar-refractivity contribution in [1.82, 2.24) is 0 Å². The van der Waals surface area contributed by atoms with Gasteiger partial charge in [-0.25, -0.2) is 4.57 Å². The first-order valence-electron chi connectivity index (χ1n) is 21.3. The Labute approximate surface area is 338 Å². The van der Waals surface area contributed by atoms with Crippen LogP contribution in [0.1, 0.15) is 168 Å². The van der Waals surface area contributed by atoms with E-state index in [0.717, 1.165) is 70.6 Å². The van der Waals surface area contributed by atoms with Crippen LogP contribution in [-0.2, 0) is 37.5 Å². The number of phosphoric acid groups is 1. The van der Waals surface area contributed by atoms with Gasteiger partial charge in [0.2, 0.25) is 0 Å². The van der Waals surface area contributed by atoms with Crippen LogP contribution in [0.2, 0.25) is 0 Å². The van der Waals surface area contributed by atoms with Gasteiger partial charge in [-0.2, -0.15) is 0 Å². The molecule has 322 valence electrons. The highest BCUT2D eigenvalue weighted by atomic mass is 31.2. The van der Waals surface area contributed by atoms with Crippen molar-refractivity contribution in [1.29, 1.82) is 0 Å². The number of phosphoric ester groups is 1. The van der Waals surface area contributed by atoms with Gasteiger partial charge in [0.25, 0.3) is 0 Å². The lowest BCUT2D eigenvalue weighted by molar-refractivity contribution is -0.161. The van der Waals surface area contributed by atoms with E-state index in [2.05, 4.69) is 79.1 Å². The first-order valence-corrected chi connectivity index (χ1v) is 22.8. The van der Waals surface area contributed by atoms with Crippen molar-refractivity contribution in [3.63, 3.8) is 0 Å². The smallest absolute Gasteiger partial charge is 0.472 e. The summed E-state index contributed by atoms with van der Waals surface area (Å²) in [4.78, 5) is 45.9. The number of allylic oxidation sites excluding steroid dienone is 10. The lowest BCUT2D eigenvalue weighted by Crippen LogP contribution is -2.34. The van der Waals surface area contributed by atoms with Gasteiger partial charge >= 0.3 is 25.7 Å². The first-order chi connectivity index (χ1) is 27.1. The summed E-state index contributed by atoms with van der Waals surface area (Å²) in [5.41, 5.74) is 5.33. The summed E-state index contributed by atoms with van der Waals surface area (Å²) >= 11 is 0. The fraction of sp³-hybridized carbons (Fsp3) is 0.705. The molecule has 0 saturated heterocycles. The van der Waals surface area contributed by atoms with Crippen molar-refractivity contribution in [3.05, 3.63) is 60.8 Å². The second kappa shape index (κ2) is 39.0. The molecule has 0 fully saturated rings. The largest absolute Gasteiger partial charge is 0.480 e. The molecule has 12 heteroatoms. The lowest BCUT2D eigenvalue weighted by Gasteiger charge is -2.20. The Kier molecular flexibility index (Phi) is 37.1. The van der Waals surface area contributed by atoms with Crippen LogP contribution in [0.25, 0.3) is 0 Å². The maximum atomic E-state index is 12.6. The molecular formula is C44H76NO10P. The summed E-state index contributed by atoms with van der Waals surface area (Å²) in [6.45, 7) is 2.63. The van der Waals surface area contributed by atoms with Crippen LogP contribution in [-0.4, -0.2) is 59.9 Å². The number of carboxylic acid groups (broad SMARTS) is 1. The molecule has 0 aromatic rings. The predicted molar refractivity (Wildman–Crippen MR) is 226 cm³/mol. The molecule has 4 N–H and O–H groups in total. The van der Waals surface area contributed by atoms with E-state index in [0.29, 0.717) is 12.8 Å². The Bertz CT molecular complexity index is 1180. The number of esters is 2. The van der Waals surface area contributed by atoms with Gasteiger partial charge in [-0.05, 0) is 77.0 Å². The standard InChI is InChI=1S/C44H76NO10P/c1-3-5-7-9-11-13-15-17-19-20-22-24-26-28-30-32-34-36-43(47)55-40(38-53-56(50,51)54-39-41(45)44(48)49)37-52-42(46)35-33-31-29-27-25-23-21-18-16-14-12-10-8-6-4-2/h6,8,12,14,17-19,21,25,27,40-41H,3-5,7,9-11,13,15-16,20,22-24,26,28-39,45H2,1-2H3,(H,48,49)(H,50,51)/b8-6+,14-12+,19-17+,21-18+,27-25+/t40-,41+/m1/s1. The molecule has 0 saturated carbocycles. The third-order valence-corrected chi connectivity index (χ3v) is 9.70. The number of carbonyl (C=O) groups excluding carboxylic acids is 2. The molecular weight excluding hydrogens is 733 g/mol. The highest BCUT2D eigenvalue weighted by Gasteiger charge is 2.28. The molecule has 0 aliphatic rings. The number of hydrogen-bond donors (Lipinski definition) is 3. The van der Waals surface area contributed by atoms with E-state index < -0.39 is 51.1 Å². The molecule has 0 aromatic carbocycles. The molecule has 0 spiro atoms. The van der Waals surface area contributed by atoms with Gasteiger partial charge in [0.15, 0.2) is 6.10 Å². The van der Waals surface area contributed by atoms with E-state index in [1.54, 1.807) is 0 Å². The fourth-order valence-corrected chi connectivity index (χ4v) is 6.18. The quantitative estimate of drug-likeness (QED) is 0.0233. The zero-order valence-electron chi connectivity index (χ0n) is 34.7. The Morgan fingerprint density at radius 1 is 0.571 bits per heavy atom. The van der Waals surface area contributed by atoms with Gasteiger partial charge in [-0.1, -0.05) is 139 Å². The van der Waals surface area contributed by atoms with E-state index in [-0.39, 0.29) is 19.4 Å². The number of hydrogen-bond acceptors (Lipinski definition) is 9. The van der Waals surface area contributed by atoms with E-state index >= 15 is 0 Å².